The van der Waals surface area contributed by atoms with E-state index >= 15 is 0 Å². The summed E-state index contributed by atoms with van der Waals surface area (Å²) in [5, 5.41) is 15.8. The van der Waals surface area contributed by atoms with E-state index in [1.54, 1.807) is 24.3 Å². The molecule has 13 heteroatoms. The Bertz CT molecular complexity index is 1930. The van der Waals surface area contributed by atoms with Gasteiger partial charge in [0.15, 0.2) is 4.34 Å². The molecule has 0 aliphatic heterocycles. The zero-order chi connectivity index (χ0) is 38.6. The summed E-state index contributed by atoms with van der Waals surface area (Å²) < 4.78 is 5.78. The highest BCUT2D eigenvalue weighted by molar-refractivity contribution is 8.01. The number of rotatable bonds is 11. The van der Waals surface area contributed by atoms with Gasteiger partial charge in [-0.25, -0.2) is 0 Å². The van der Waals surface area contributed by atoms with Crippen molar-refractivity contribution in [3.05, 3.63) is 97.1 Å². The van der Waals surface area contributed by atoms with Crippen molar-refractivity contribution in [2.45, 2.75) is 63.3 Å². The maximum absolute atomic E-state index is 11.3. The van der Waals surface area contributed by atoms with Crippen LogP contribution in [0.15, 0.2) is 101 Å². The summed E-state index contributed by atoms with van der Waals surface area (Å²) in [5.41, 5.74) is 38.7. The van der Waals surface area contributed by atoms with Crippen molar-refractivity contribution in [3.8, 4) is 0 Å². The van der Waals surface area contributed by atoms with Crippen molar-refractivity contribution in [3.63, 3.8) is 0 Å². The van der Waals surface area contributed by atoms with Crippen LogP contribution in [0, 0.1) is 0 Å². The number of nitrogens with two attached hydrogens (primary N) is 6. The Morgan fingerprint density at radius 2 is 1.21 bits per heavy atom. The highest BCUT2D eigenvalue weighted by atomic mass is 32.2. The molecule has 1 aromatic heterocycles. The van der Waals surface area contributed by atoms with Gasteiger partial charge in [-0.2, -0.15) is 0 Å². The molecule has 13 N–H and O–H groups in total. The van der Waals surface area contributed by atoms with Crippen molar-refractivity contribution in [2.75, 3.05) is 52.1 Å². The van der Waals surface area contributed by atoms with Crippen LogP contribution in [0.25, 0.3) is 21.5 Å². The largest absolute Gasteiger partial charge is 0.465 e. The molecule has 1 unspecified atom stereocenters. The van der Waals surface area contributed by atoms with E-state index in [0.29, 0.717) is 22.1 Å². The molecule has 1 atom stereocenters. The van der Waals surface area contributed by atoms with E-state index in [1.165, 1.54) is 47.0 Å². The van der Waals surface area contributed by atoms with E-state index in [0.717, 1.165) is 63.9 Å². The average Bonchev–Trinajstić information content (AvgIpc) is 3.60. The molecule has 0 fully saturated rings. The standard InChI is InChI=1S/C14H18N2.C10H17N3O2S2.C10H10N2.C6H8N2/c1-3-10(2)16-14-9-8-13(15)11-6-4-5-7-12(11)14;1-2-3-4-5-6-15-8(14)7-16-10-13-12-9(11)17-10;11-9-5-6-10(12)8-4-2-1-3-7(8)9;7-5-1-2-6(8)4-3-5/h4-10,16H,3,15H2,1-2H3;2-7H2,1H3,(H2,11,12);1-6H,11-12H2;1-4H,7-8H2. The first-order valence-corrected chi connectivity index (χ1v) is 19.4. The second kappa shape index (κ2) is 22.5. The van der Waals surface area contributed by atoms with E-state index in [2.05, 4.69) is 54.5 Å². The lowest BCUT2D eigenvalue weighted by Crippen LogP contribution is -2.13. The van der Waals surface area contributed by atoms with Crippen LogP contribution in [0.3, 0.4) is 0 Å². The number of hydrogen-bond donors (Lipinski definition) is 7. The number of carbonyl (C=O) groups is 1. The zero-order valence-corrected chi connectivity index (χ0v) is 32.4. The number of nitrogens with one attached hydrogen (secondary N) is 1. The van der Waals surface area contributed by atoms with Crippen LogP contribution in [0.4, 0.5) is 39.3 Å². The Morgan fingerprint density at radius 1 is 0.698 bits per heavy atom. The van der Waals surface area contributed by atoms with Crippen molar-refractivity contribution in [1.82, 2.24) is 10.2 Å². The fourth-order valence-electron chi connectivity index (χ4n) is 4.81. The number of thioether (sulfide) groups is 1. The zero-order valence-electron chi connectivity index (χ0n) is 30.8. The Kier molecular flexibility index (Phi) is 17.9. The molecule has 6 rings (SSSR count). The van der Waals surface area contributed by atoms with Crippen LogP contribution in [0.2, 0.25) is 0 Å². The van der Waals surface area contributed by atoms with Gasteiger partial charge in [0.1, 0.15) is 0 Å². The fraction of sp³-hybridized carbons (Fsp3) is 0.275. The van der Waals surface area contributed by atoms with E-state index in [-0.39, 0.29) is 11.7 Å². The molecule has 0 saturated carbocycles. The number of esters is 1. The molecule has 0 radical (unpaired) electrons. The Morgan fingerprint density at radius 3 is 1.70 bits per heavy atom. The van der Waals surface area contributed by atoms with Gasteiger partial charge in [-0.15, -0.1) is 10.2 Å². The molecule has 0 aliphatic rings. The summed E-state index contributed by atoms with van der Waals surface area (Å²) in [6, 6.07) is 31.4. The first kappa shape index (κ1) is 42.0. The fourth-order valence-corrected chi connectivity index (χ4v) is 6.25. The van der Waals surface area contributed by atoms with Gasteiger partial charge in [0.05, 0.1) is 12.4 Å². The lowest BCUT2D eigenvalue weighted by Gasteiger charge is -2.16. The number of carbonyl (C=O) groups excluding carboxylic acids is 1. The average molecular weight is 756 g/mol. The number of unbranched alkanes of at least 4 members (excludes halogenated alkanes) is 3. The monoisotopic (exact) mass is 755 g/mol. The Labute approximate surface area is 320 Å². The minimum absolute atomic E-state index is 0.208. The second-order valence-electron chi connectivity index (χ2n) is 12.1. The number of fused-ring (bicyclic) bond motifs is 2. The Balaban J connectivity index is 0.000000196. The molecule has 1 heterocycles. The smallest absolute Gasteiger partial charge is 0.316 e. The maximum atomic E-state index is 11.3. The number of benzene rings is 5. The number of ether oxygens (including phenoxy) is 1. The molecule has 282 valence electrons. The van der Waals surface area contributed by atoms with E-state index < -0.39 is 0 Å². The summed E-state index contributed by atoms with van der Waals surface area (Å²) in [6.07, 6.45) is 5.54. The third kappa shape index (κ3) is 14.6. The minimum Gasteiger partial charge on any atom is -0.465 e. The lowest BCUT2D eigenvalue weighted by molar-refractivity contribution is -0.140. The number of nitrogen functional groups attached to an aromatic ring is 6. The van der Waals surface area contributed by atoms with Crippen LogP contribution in [-0.4, -0.2) is 34.6 Å². The molecule has 0 bridgehead atoms. The SMILES string of the molecule is CCC(C)Nc1ccc(N)c2ccccc12.CCCCCCOC(=O)CSc1nnc(N)s1.Nc1ccc(N)c2ccccc12.Nc1ccc(N)cc1. The second-order valence-corrected chi connectivity index (χ2v) is 14.4. The molecular weight excluding hydrogens is 703 g/mol. The molecule has 5 aromatic carbocycles. The van der Waals surface area contributed by atoms with Gasteiger partial charge in [0, 0.05) is 61.7 Å². The summed E-state index contributed by atoms with van der Waals surface area (Å²) in [5.74, 6) is 0.0582. The summed E-state index contributed by atoms with van der Waals surface area (Å²) in [4.78, 5) is 11.3. The number of nitrogens with zero attached hydrogens (tertiary/aromatic N) is 2. The first-order chi connectivity index (χ1) is 25.5. The topological polar surface area (TPSA) is 220 Å². The minimum atomic E-state index is -0.208. The molecule has 0 spiro atoms. The third-order valence-corrected chi connectivity index (χ3v) is 9.76. The van der Waals surface area contributed by atoms with Gasteiger partial charge in [0.25, 0.3) is 0 Å². The van der Waals surface area contributed by atoms with Gasteiger partial charge < -0.3 is 44.5 Å². The molecule has 0 amide bonds. The van der Waals surface area contributed by atoms with Crippen LogP contribution >= 0.6 is 23.1 Å². The lowest BCUT2D eigenvalue weighted by atomic mass is 10.1. The first-order valence-electron chi connectivity index (χ1n) is 17.6. The summed E-state index contributed by atoms with van der Waals surface area (Å²) in [6.45, 7) is 7.02. The predicted octanol–water partition coefficient (Wildman–Crippen LogP) is 8.82. The quantitative estimate of drug-likeness (QED) is 0.0285. The van der Waals surface area contributed by atoms with E-state index in [4.69, 9.17) is 39.1 Å². The normalized spacial score (nSPS) is 10.8. The van der Waals surface area contributed by atoms with E-state index in [1.807, 2.05) is 54.6 Å². The van der Waals surface area contributed by atoms with Gasteiger partial charge >= 0.3 is 5.97 Å². The molecule has 11 nitrogen and oxygen atoms in total. The molecule has 0 saturated heterocycles. The summed E-state index contributed by atoms with van der Waals surface area (Å²) >= 11 is 2.58. The van der Waals surface area contributed by atoms with Crippen LogP contribution in [0.1, 0.15) is 52.9 Å². The van der Waals surface area contributed by atoms with Crippen LogP contribution in [0.5, 0.6) is 0 Å². The van der Waals surface area contributed by atoms with Gasteiger partial charge in [-0.05, 0) is 68.3 Å². The number of hydrogen-bond acceptors (Lipinski definition) is 13. The van der Waals surface area contributed by atoms with Gasteiger partial charge in [-0.3, -0.25) is 4.79 Å². The van der Waals surface area contributed by atoms with Crippen LogP contribution < -0.4 is 39.7 Å². The molecule has 53 heavy (non-hydrogen) atoms. The van der Waals surface area contributed by atoms with Gasteiger partial charge in [-0.1, -0.05) is 105 Å². The molecule has 0 aliphatic carbocycles. The Hall–Kier alpha value is -5.40. The number of anilines is 7. The molecule has 6 aromatic rings. The van der Waals surface area contributed by atoms with E-state index in [9.17, 15) is 4.79 Å². The predicted molar refractivity (Wildman–Crippen MR) is 230 cm³/mol. The highest BCUT2D eigenvalue weighted by Gasteiger charge is 2.08. The summed E-state index contributed by atoms with van der Waals surface area (Å²) in [7, 11) is 0. The van der Waals surface area contributed by atoms with Crippen molar-refractivity contribution >= 4 is 89.9 Å². The van der Waals surface area contributed by atoms with Gasteiger partial charge in [0.2, 0.25) is 5.13 Å². The van der Waals surface area contributed by atoms with Crippen molar-refractivity contribution in [1.29, 1.82) is 0 Å². The van der Waals surface area contributed by atoms with Crippen LogP contribution in [-0.2, 0) is 9.53 Å². The highest BCUT2D eigenvalue weighted by Crippen LogP contribution is 2.29. The maximum Gasteiger partial charge on any atom is 0.316 e. The van der Waals surface area contributed by atoms with Crippen molar-refractivity contribution in [2.24, 2.45) is 0 Å². The third-order valence-electron chi connectivity index (χ3n) is 7.90. The van der Waals surface area contributed by atoms with Crippen molar-refractivity contribution < 1.29 is 9.53 Å². The number of aromatic nitrogens is 2. The molecular formula is C40H53N9O2S2.